The summed E-state index contributed by atoms with van der Waals surface area (Å²) in [5, 5.41) is 5.40. The fourth-order valence-electron chi connectivity index (χ4n) is 2.34. The number of esters is 1. The van der Waals surface area contributed by atoms with E-state index in [2.05, 4.69) is 15.6 Å². The highest BCUT2D eigenvalue weighted by Gasteiger charge is 2.23. The minimum atomic E-state index is -1.12. The SMILES string of the molecule is Cc1cc(C(=O)O[C@H](C)C(=O)NC(=O)NC(C)(C)C)c2ccccc2n1. The first-order valence-corrected chi connectivity index (χ1v) is 8.27. The van der Waals surface area contributed by atoms with Gasteiger partial charge in [0.25, 0.3) is 5.91 Å². The van der Waals surface area contributed by atoms with Gasteiger partial charge in [-0.15, -0.1) is 0 Å². The third-order valence-corrected chi connectivity index (χ3v) is 3.44. The van der Waals surface area contributed by atoms with Crippen LogP contribution >= 0.6 is 0 Å². The highest BCUT2D eigenvalue weighted by molar-refractivity contribution is 6.05. The van der Waals surface area contributed by atoms with E-state index in [-0.39, 0.29) is 0 Å². The summed E-state index contributed by atoms with van der Waals surface area (Å²) in [6, 6.07) is 8.15. The number of aromatic nitrogens is 1. The number of ether oxygens (including phenoxy) is 1. The molecule has 0 fully saturated rings. The minimum absolute atomic E-state index is 0.326. The van der Waals surface area contributed by atoms with Crippen LogP contribution in [0.4, 0.5) is 4.79 Å². The molecule has 3 amide bonds. The molecule has 138 valence electrons. The molecule has 0 bridgehead atoms. The second kappa shape index (κ2) is 7.51. The van der Waals surface area contributed by atoms with Crippen molar-refractivity contribution in [3.8, 4) is 0 Å². The Labute approximate surface area is 152 Å². The van der Waals surface area contributed by atoms with Crippen molar-refractivity contribution >= 4 is 28.8 Å². The number of urea groups is 1. The Hall–Kier alpha value is -2.96. The number of aryl methyl sites for hydroxylation is 1. The van der Waals surface area contributed by atoms with Gasteiger partial charge in [0.05, 0.1) is 11.1 Å². The molecule has 0 aliphatic rings. The molecule has 0 aliphatic carbocycles. The minimum Gasteiger partial charge on any atom is -0.449 e. The number of hydrogen-bond acceptors (Lipinski definition) is 5. The molecule has 1 heterocycles. The Balaban J connectivity index is 2.10. The van der Waals surface area contributed by atoms with E-state index in [0.29, 0.717) is 22.2 Å². The molecule has 1 atom stereocenters. The van der Waals surface area contributed by atoms with Crippen LogP contribution in [-0.4, -0.2) is 34.5 Å². The van der Waals surface area contributed by atoms with E-state index in [4.69, 9.17) is 4.74 Å². The highest BCUT2D eigenvalue weighted by atomic mass is 16.5. The van der Waals surface area contributed by atoms with Gasteiger partial charge in [0.15, 0.2) is 6.10 Å². The second-order valence-electron chi connectivity index (χ2n) is 7.07. The van der Waals surface area contributed by atoms with Gasteiger partial charge in [-0.2, -0.15) is 0 Å². The van der Waals surface area contributed by atoms with Crippen LogP contribution in [0.15, 0.2) is 30.3 Å². The van der Waals surface area contributed by atoms with Crippen molar-refractivity contribution in [1.29, 1.82) is 0 Å². The molecule has 26 heavy (non-hydrogen) atoms. The van der Waals surface area contributed by atoms with Crippen LogP contribution in [0.1, 0.15) is 43.7 Å². The smallest absolute Gasteiger partial charge is 0.339 e. The predicted octanol–water partition coefficient (Wildman–Crippen LogP) is 2.71. The summed E-state index contributed by atoms with van der Waals surface area (Å²) in [6.45, 7) is 8.55. The van der Waals surface area contributed by atoms with Gasteiger partial charge in [-0.3, -0.25) is 15.1 Å². The second-order valence-corrected chi connectivity index (χ2v) is 7.07. The molecule has 1 aromatic heterocycles. The van der Waals surface area contributed by atoms with Crippen molar-refractivity contribution in [2.24, 2.45) is 0 Å². The molecule has 2 rings (SSSR count). The number of nitrogens with zero attached hydrogens (tertiary/aromatic N) is 1. The van der Waals surface area contributed by atoms with E-state index in [1.54, 1.807) is 52.0 Å². The number of amides is 3. The number of carbonyl (C=O) groups is 3. The number of imide groups is 1. The fourth-order valence-corrected chi connectivity index (χ4v) is 2.34. The Morgan fingerprint density at radius 2 is 1.81 bits per heavy atom. The molecule has 2 N–H and O–H groups in total. The van der Waals surface area contributed by atoms with Gasteiger partial charge in [-0.05, 0) is 46.8 Å². The quantitative estimate of drug-likeness (QED) is 0.823. The molecule has 0 radical (unpaired) electrons. The molecule has 0 saturated carbocycles. The van der Waals surface area contributed by atoms with Crippen LogP contribution in [0.3, 0.4) is 0 Å². The predicted molar refractivity (Wildman–Crippen MR) is 97.8 cm³/mol. The molecular formula is C19H23N3O4. The molecule has 7 nitrogen and oxygen atoms in total. The number of pyridine rings is 1. The van der Waals surface area contributed by atoms with Gasteiger partial charge < -0.3 is 10.1 Å². The van der Waals surface area contributed by atoms with Gasteiger partial charge in [0.1, 0.15) is 0 Å². The van der Waals surface area contributed by atoms with Crippen LogP contribution < -0.4 is 10.6 Å². The van der Waals surface area contributed by atoms with Crippen molar-refractivity contribution in [3.05, 3.63) is 41.6 Å². The largest absolute Gasteiger partial charge is 0.449 e. The summed E-state index contributed by atoms with van der Waals surface area (Å²) in [5.74, 6) is -1.35. The maximum atomic E-state index is 12.5. The monoisotopic (exact) mass is 357 g/mol. The first-order valence-electron chi connectivity index (χ1n) is 8.27. The van der Waals surface area contributed by atoms with Crippen molar-refractivity contribution < 1.29 is 19.1 Å². The van der Waals surface area contributed by atoms with E-state index in [9.17, 15) is 14.4 Å². The lowest BCUT2D eigenvalue weighted by molar-refractivity contribution is -0.127. The third-order valence-electron chi connectivity index (χ3n) is 3.44. The first kappa shape index (κ1) is 19.4. The lowest BCUT2D eigenvalue weighted by atomic mass is 10.1. The summed E-state index contributed by atoms with van der Waals surface area (Å²) in [7, 11) is 0. The zero-order valence-corrected chi connectivity index (χ0v) is 15.5. The number of benzene rings is 1. The van der Waals surface area contributed by atoms with Crippen molar-refractivity contribution in [2.45, 2.75) is 46.3 Å². The standard InChI is InChI=1S/C19H23N3O4/c1-11-10-14(13-8-6-7-9-15(13)20-11)17(24)26-12(2)16(23)21-18(25)22-19(3,4)5/h6-10,12H,1-5H3,(H2,21,22,23,25)/t12-/m1/s1. The normalized spacial score (nSPS) is 12.3. The fraction of sp³-hybridized carbons (Fsp3) is 0.368. The molecule has 2 aromatic rings. The summed E-state index contributed by atoms with van der Waals surface area (Å²) in [5.41, 5.74) is 1.17. The van der Waals surface area contributed by atoms with Crippen LogP contribution in [0.25, 0.3) is 10.9 Å². The van der Waals surface area contributed by atoms with E-state index < -0.39 is 29.6 Å². The Morgan fingerprint density at radius 3 is 2.46 bits per heavy atom. The summed E-state index contributed by atoms with van der Waals surface area (Å²) in [4.78, 5) is 40.7. The Bertz CT molecular complexity index is 855. The summed E-state index contributed by atoms with van der Waals surface area (Å²) < 4.78 is 5.23. The lowest BCUT2D eigenvalue weighted by Crippen LogP contribution is -2.50. The van der Waals surface area contributed by atoms with Gasteiger partial charge >= 0.3 is 12.0 Å². The number of para-hydroxylation sites is 1. The molecule has 0 aliphatic heterocycles. The van der Waals surface area contributed by atoms with E-state index >= 15 is 0 Å². The average molecular weight is 357 g/mol. The molecule has 7 heteroatoms. The molecule has 1 aromatic carbocycles. The topological polar surface area (TPSA) is 97.4 Å². The Kier molecular flexibility index (Phi) is 5.59. The molecule has 0 saturated heterocycles. The lowest BCUT2D eigenvalue weighted by Gasteiger charge is -2.21. The number of rotatable bonds is 3. The van der Waals surface area contributed by atoms with Crippen LogP contribution in [-0.2, 0) is 9.53 Å². The zero-order chi connectivity index (χ0) is 19.5. The summed E-state index contributed by atoms with van der Waals surface area (Å²) >= 11 is 0. The molecular weight excluding hydrogens is 334 g/mol. The first-order chi connectivity index (χ1) is 12.1. The van der Waals surface area contributed by atoms with Gasteiger partial charge in [-0.25, -0.2) is 9.59 Å². The molecule has 0 unspecified atom stereocenters. The number of fused-ring (bicyclic) bond motifs is 1. The number of nitrogens with one attached hydrogen (secondary N) is 2. The van der Waals surface area contributed by atoms with Crippen molar-refractivity contribution in [1.82, 2.24) is 15.6 Å². The van der Waals surface area contributed by atoms with Gasteiger partial charge in [0, 0.05) is 16.6 Å². The number of carbonyl (C=O) groups excluding carboxylic acids is 3. The number of hydrogen-bond donors (Lipinski definition) is 2. The van der Waals surface area contributed by atoms with Gasteiger partial charge in [0.2, 0.25) is 0 Å². The van der Waals surface area contributed by atoms with Crippen LogP contribution in [0.5, 0.6) is 0 Å². The van der Waals surface area contributed by atoms with E-state index in [1.807, 2.05) is 6.07 Å². The third kappa shape index (κ3) is 5.02. The van der Waals surface area contributed by atoms with Crippen LogP contribution in [0.2, 0.25) is 0 Å². The average Bonchev–Trinajstić information content (AvgIpc) is 2.51. The van der Waals surface area contributed by atoms with Crippen molar-refractivity contribution in [3.63, 3.8) is 0 Å². The van der Waals surface area contributed by atoms with Gasteiger partial charge in [-0.1, -0.05) is 18.2 Å². The maximum Gasteiger partial charge on any atom is 0.339 e. The highest BCUT2D eigenvalue weighted by Crippen LogP contribution is 2.19. The Morgan fingerprint density at radius 1 is 1.15 bits per heavy atom. The molecule has 0 spiro atoms. The summed E-state index contributed by atoms with van der Waals surface area (Å²) in [6.07, 6.45) is -1.12. The van der Waals surface area contributed by atoms with Crippen LogP contribution in [0, 0.1) is 6.92 Å². The van der Waals surface area contributed by atoms with Crippen molar-refractivity contribution in [2.75, 3.05) is 0 Å². The van der Waals surface area contributed by atoms with E-state index in [1.165, 1.54) is 6.92 Å². The zero-order valence-electron chi connectivity index (χ0n) is 15.5. The maximum absolute atomic E-state index is 12.5. The van der Waals surface area contributed by atoms with E-state index in [0.717, 1.165) is 0 Å².